The number of nitrogens with zero attached hydrogens (tertiary/aromatic N) is 2. The van der Waals surface area contributed by atoms with Crippen LogP contribution in [-0.4, -0.2) is 22.1 Å². The summed E-state index contributed by atoms with van der Waals surface area (Å²) >= 11 is 1.94. The lowest BCUT2D eigenvalue weighted by Crippen LogP contribution is -2.03. The fourth-order valence-electron chi connectivity index (χ4n) is 1.44. The number of aromatic nitrogens is 2. The van der Waals surface area contributed by atoms with Crippen LogP contribution in [0.4, 0.5) is 0 Å². The first-order chi connectivity index (χ1) is 7.31. The normalized spacial score (nSPS) is 10.9. The molecule has 0 aliphatic heterocycles. The van der Waals surface area contributed by atoms with E-state index in [1.807, 2.05) is 11.8 Å². The van der Waals surface area contributed by atoms with E-state index in [0.717, 1.165) is 37.4 Å². The largest absolute Gasteiger partial charge is 0.330 e. The molecule has 1 aromatic heterocycles. The lowest BCUT2D eigenvalue weighted by molar-refractivity contribution is 0.628. The van der Waals surface area contributed by atoms with Crippen molar-refractivity contribution in [3.8, 4) is 0 Å². The molecule has 15 heavy (non-hydrogen) atoms. The lowest BCUT2D eigenvalue weighted by atomic mass is 10.3. The van der Waals surface area contributed by atoms with Crippen LogP contribution >= 0.6 is 11.8 Å². The van der Waals surface area contributed by atoms with Crippen LogP contribution in [-0.2, 0) is 18.7 Å². The van der Waals surface area contributed by atoms with E-state index in [2.05, 4.69) is 29.7 Å². The zero-order valence-corrected chi connectivity index (χ0v) is 10.5. The summed E-state index contributed by atoms with van der Waals surface area (Å²) in [5.74, 6) is 2.20. The molecule has 3 nitrogen and oxygen atoms in total. The smallest absolute Gasteiger partial charge is 0.0625 e. The van der Waals surface area contributed by atoms with Gasteiger partial charge in [-0.2, -0.15) is 16.9 Å². The highest BCUT2D eigenvalue weighted by atomic mass is 32.2. The molecule has 4 heteroatoms. The average Bonchev–Trinajstić information content (AvgIpc) is 2.67. The van der Waals surface area contributed by atoms with E-state index in [1.54, 1.807) is 0 Å². The molecule has 0 saturated carbocycles. The van der Waals surface area contributed by atoms with E-state index in [9.17, 15) is 0 Å². The van der Waals surface area contributed by atoms with Gasteiger partial charge in [0, 0.05) is 18.0 Å². The molecule has 1 heterocycles. The molecule has 0 bridgehead atoms. The molecule has 1 rings (SSSR count). The third-order valence-corrected chi connectivity index (χ3v) is 3.40. The summed E-state index contributed by atoms with van der Waals surface area (Å²) in [7, 11) is 0. The molecule has 2 N–H and O–H groups in total. The van der Waals surface area contributed by atoms with Gasteiger partial charge in [0.2, 0.25) is 0 Å². The van der Waals surface area contributed by atoms with Gasteiger partial charge in [-0.1, -0.05) is 6.92 Å². The molecule has 0 spiro atoms. The summed E-state index contributed by atoms with van der Waals surface area (Å²) in [6.07, 6.45) is 2.12. The SMILES string of the molecule is CCc1cc(CSCCCN)n(CC)n1. The third-order valence-electron chi connectivity index (χ3n) is 2.32. The number of thioether (sulfide) groups is 1. The molecule has 0 atom stereocenters. The molecule has 0 amide bonds. The standard InChI is InChI=1S/C11H21N3S/c1-3-10-8-11(14(4-2)13-10)9-15-7-5-6-12/h8H,3-7,9,12H2,1-2H3. The second kappa shape index (κ2) is 6.90. The summed E-state index contributed by atoms with van der Waals surface area (Å²) in [6, 6.07) is 2.22. The zero-order chi connectivity index (χ0) is 11.1. The van der Waals surface area contributed by atoms with Gasteiger partial charge >= 0.3 is 0 Å². The lowest BCUT2D eigenvalue weighted by Gasteiger charge is -2.03. The topological polar surface area (TPSA) is 43.8 Å². The van der Waals surface area contributed by atoms with Crippen LogP contribution < -0.4 is 5.73 Å². The molecule has 1 aromatic rings. The number of nitrogens with two attached hydrogens (primary N) is 1. The Kier molecular flexibility index (Phi) is 5.79. The Labute approximate surface area is 96.4 Å². The van der Waals surface area contributed by atoms with Gasteiger partial charge in [0.05, 0.1) is 5.69 Å². The van der Waals surface area contributed by atoms with Crippen LogP contribution in [0.1, 0.15) is 31.7 Å². The molecule has 0 aliphatic carbocycles. The van der Waals surface area contributed by atoms with Gasteiger partial charge in [0.25, 0.3) is 0 Å². The highest BCUT2D eigenvalue weighted by Crippen LogP contribution is 2.14. The molecule has 0 aromatic carbocycles. The van der Waals surface area contributed by atoms with E-state index in [4.69, 9.17) is 5.73 Å². The van der Waals surface area contributed by atoms with Crippen molar-refractivity contribution < 1.29 is 0 Å². The highest BCUT2D eigenvalue weighted by Gasteiger charge is 2.04. The Morgan fingerprint density at radius 3 is 2.87 bits per heavy atom. The van der Waals surface area contributed by atoms with Gasteiger partial charge < -0.3 is 5.73 Å². The quantitative estimate of drug-likeness (QED) is 0.725. The number of aryl methyl sites for hydroxylation is 2. The van der Waals surface area contributed by atoms with Crippen LogP contribution in [0.3, 0.4) is 0 Å². The zero-order valence-electron chi connectivity index (χ0n) is 9.70. The van der Waals surface area contributed by atoms with Gasteiger partial charge in [-0.25, -0.2) is 0 Å². The van der Waals surface area contributed by atoms with Crippen LogP contribution in [0, 0.1) is 0 Å². The Bertz CT molecular complexity index is 283. The van der Waals surface area contributed by atoms with E-state index in [0.29, 0.717) is 0 Å². The fourth-order valence-corrected chi connectivity index (χ4v) is 2.40. The number of rotatable bonds is 7. The first-order valence-corrected chi connectivity index (χ1v) is 6.80. The predicted molar refractivity (Wildman–Crippen MR) is 67.1 cm³/mol. The summed E-state index contributed by atoms with van der Waals surface area (Å²) in [5.41, 5.74) is 8.00. The van der Waals surface area contributed by atoms with Crippen molar-refractivity contribution in [3.63, 3.8) is 0 Å². The molecule has 86 valence electrons. The fraction of sp³-hybridized carbons (Fsp3) is 0.727. The maximum Gasteiger partial charge on any atom is 0.0625 e. The molecule has 0 radical (unpaired) electrons. The Hall–Kier alpha value is -0.480. The van der Waals surface area contributed by atoms with Crippen LogP contribution in [0.25, 0.3) is 0 Å². The predicted octanol–water partition coefficient (Wildman–Crippen LogP) is 2.05. The van der Waals surface area contributed by atoms with Crippen molar-refractivity contribution >= 4 is 11.8 Å². The minimum absolute atomic E-state index is 0.792. The first-order valence-electron chi connectivity index (χ1n) is 5.65. The summed E-state index contributed by atoms with van der Waals surface area (Å²) in [4.78, 5) is 0. The van der Waals surface area contributed by atoms with E-state index < -0.39 is 0 Å². The first kappa shape index (κ1) is 12.6. The minimum atomic E-state index is 0.792. The van der Waals surface area contributed by atoms with Crippen LogP contribution in [0.15, 0.2) is 6.07 Å². The van der Waals surface area contributed by atoms with Gasteiger partial charge in [-0.05, 0) is 38.1 Å². The monoisotopic (exact) mass is 227 g/mol. The maximum atomic E-state index is 5.46. The van der Waals surface area contributed by atoms with Gasteiger partial charge in [0.1, 0.15) is 0 Å². The molecule has 0 unspecified atom stereocenters. The second-order valence-corrected chi connectivity index (χ2v) is 4.60. The molecule has 0 fully saturated rings. The van der Waals surface area contributed by atoms with Crippen molar-refractivity contribution in [2.45, 2.75) is 39.0 Å². The maximum absolute atomic E-state index is 5.46. The van der Waals surface area contributed by atoms with Crippen molar-refractivity contribution in [1.82, 2.24) is 9.78 Å². The molecule has 0 aliphatic rings. The van der Waals surface area contributed by atoms with Crippen LogP contribution in [0.2, 0.25) is 0 Å². The molecule has 0 saturated heterocycles. The summed E-state index contributed by atoms with van der Waals surface area (Å²) in [5, 5.41) is 4.52. The third kappa shape index (κ3) is 3.87. The van der Waals surface area contributed by atoms with E-state index >= 15 is 0 Å². The number of hydrogen-bond donors (Lipinski definition) is 1. The van der Waals surface area contributed by atoms with Gasteiger partial charge in [-0.15, -0.1) is 0 Å². The Morgan fingerprint density at radius 2 is 2.27 bits per heavy atom. The van der Waals surface area contributed by atoms with Crippen molar-refractivity contribution in [3.05, 3.63) is 17.5 Å². The van der Waals surface area contributed by atoms with Crippen LogP contribution in [0.5, 0.6) is 0 Å². The van der Waals surface area contributed by atoms with Crippen molar-refractivity contribution in [2.24, 2.45) is 5.73 Å². The van der Waals surface area contributed by atoms with E-state index in [1.165, 1.54) is 11.4 Å². The number of hydrogen-bond acceptors (Lipinski definition) is 3. The average molecular weight is 227 g/mol. The molecular weight excluding hydrogens is 206 g/mol. The van der Waals surface area contributed by atoms with Gasteiger partial charge in [-0.3, -0.25) is 4.68 Å². The van der Waals surface area contributed by atoms with Gasteiger partial charge in [0.15, 0.2) is 0 Å². The Morgan fingerprint density at radius 1 is 1.47 bits per heavy atom. The summed E-state index contributed by atoms with van der Waals surface area (Å²) in [6.45, 7) is 6.04. The van der Waals surface area contributed by atoms with Crippen molar-refractivity contribution in [1.29, 1.82) is 0 Å². The Balaban J connectivity index is 2.47. The van der Waals surface area contributed by atoms with Crippen molar-refractivity contribution in [2.75, 3.05) is 12.3 Å². The second-order valence-electron chi connectivity index (χ2n) is 3.49. The highest BCUT2D eigenvalue weighted by molar-refractivity contribution is 7.98. The molecular formula is C11H21N3S. The van der Waals surface area contributed by atoms with E-state index in [-0.39, 0.29) is 0 Å². The minimum Gasteiger partial charge on any atom is -0.330 e. The summed E-state index contributed by atoms with van der Waals surface area (Å²) < 4.78 is 2.11.